The summed E-state index contributed by atoms with van der Waals surface area (Å²) in [5, 5.41) is 13.7. The molecule has 7 heteroatoms. The number of benzene rings is 1. The van der Waals surface area contributed by atoms with Crippen molar-refractivity contribution in [3.8, 4) is 11.5 Å². The van der Waals surface area contributed by atoms with E-state index in [0.717, 1.165) is 4.47 Å². The highest BCUT2D eigenvalue weighted by Crippen LogP contribution is 2.32. The minimum absolute atomic E-state index is 0.0172. The third-order valence-electron chi connectivity index (χ3n) is 1.75. The van der Waals surface area contributed by atoms with Crippen LogP contribution in [0.15, 0.2) is 21.7 Å². The van der Waals surface area contributed by atoms with Crippen molar-refractivity contribution in [2.75, 3.05) is 6.61 Å². The molecule has 0 spiro atoms. The van der Waals surface area contributed by atoms with Crippen molar-refractivity contribution in [1.29, 1.82) is 0 Å². The molecule has 1 rings (SSSR count). The fraction of sp³-hybridized carbons (Fsp3) is 0.200. The molecule has 4 N–H and O–H groups in total. The van der Waals surface area contributed by atoms with Gasteiger partial charge in [-0.3, -0.25) is 5.43 Å². The normalized spacial score (nSPS) is 10.5. The zero-order chi connectivity index (χ0) is 12.8. The van der Waals surface area contributed by atoms with Gasteiger partial charge in [0.15, 0.2) is 16.6 Å². The van der Waals surface area contributed by atoms with Gasteiger partial charge in [-0.25, -0.2) is 0 Å². The van der Waals surface area contributed by atoms with E-state index in [9.17, 15) is 5.11 Å². The largest absolute Gasteiger partial charge is 0.504 e. The molecule has 0 saturated heterocycles. The van der Waals surface area contributed by atoms with Gasteiger partial charge in [0.05, 0.1) is 12.8 Å². The van der Waals surface area contributed by atoms with Crippen LogP contribution in [0, 0.1) is 0 Å². The van der Waals surface area contributed by atoms with Crippen LogP contribution in [0.1, 0.15) is 12.5 Å². The van der Waals surface area contributed by atoms with Crippen LogP contribution >= 0.6 is 28.1 Å². The lowest BCUT2D eigenvalue weighted by Gasteiger charge is -2.08. The molecule has 1 aromatic carbocycles. The van der Waals surface area contributed by atoms with E-state index in [1.165, 1.54) is 6.21 Å². The van der Waals surface area contributed by atoms with Gasteiger partial charge in [-0.05, 0) is 31.3 Å². The zero-order valence-electron chi connectivity index (χ0n) is 9.11. The summed E-state index contributed by atoms with van der Waals surface area (Å²) < 4.78 is 6.05. The SMILES string of the molecule is CCOc1cc(Br)cc(C=NNC(N)=S)c1O. The van der Waals surface area contributed by atoms with Gasteiger partial charge in [0.2, 0.25) is 0 Å². The number of ether oxygens (including phenoxy) is 1. The van der Waals surface area contributed by atoms with Crippen LogP contribution in [-0.2, 0) is 0 Å². The zero-order valence-corrected chi connectivity index (χ0v) is 11.5. The summed E-state index contributed by atoms with van der Waals surface area (Å²) in [6, 6.07) is 3.37. The Morgan fingerprint density at radius 2 is 2.41 bits per heavy atom. The number of nitrogens with zero attached hydrogens (tertiary/aromatic N) is 1. The van der Waals surface area contributed by atoms with Gasteiger partial charge < -0.3 is 15.6 Å². The molecule has 0 amide bonds. The molecular formula is C10H12BrN3O2S. The number of aromatic hydroxyl groups is 1. The predicted octanol–water partition coefficient (Wildman–Crippen LogP) is 1.72. The first-order valence-corrected chi connectivity index (χ1v) is 5.98. The third kappa shape index (κ3) is 4.20. The molecule has 0 radical (unpaired) electrons. The van der Waals surface area contributed by atoms with Crippen molar-refractivity contribution < 1.29 is 9.84 Å². The molecule has 0 bridgehead atoms. The van der Waals surface area contributed by atoms with E-state index in [1.54, 1.807) is 12.1 Å². The van der Waals surface area contributed by atoms with Crippen LogP contribution in [0.2, 0.25) is 0 Å². The molecule has 1 aromatic rings. The first kappa shape index (κ1) is 13.7. The van der Waals surface area contributed by atoms with Crippen LogP contribution in [0.25, 0.3) is 0 Å². The van der Waals surface area contributed by atoms with Crippen LogP contribution in [0.3, 0.4) is 0 Å². The van der Waals surface area contributed by atoms with E-state index in [2.05, 4.69) is 38.7 Å². The van der Waals surface area contributed by atoms with Gasteiger partial charge in [-0.15, -0.1) is 0 Å². The van der Waals surface area contributed by atoms with Crippen molar-refractivity contribution in [3.05, 3.63) is 22.2 Å². The first-order valence-electron chi connectivity index (χ1n) is 4.78. The second-order valence-electron chi connectivity index (χ2n) is 3.01. The molecule has 0 atom stereocenters. The number of hydrogen-bond donors (Lipinski definition) is 3. The van der Waals surface area contributed by atoms with E-state index in [-0.39, 0.29) is 10.9 Å². The lowest BCUT2D eigenvalue weighted by Crippen LogP contribution is -2.24. The molecular weight excluding hydrogens is 306 g/mol. The summed E-state index contributed by atoms with van der Waals surface area (Å²) >= 11 is 7.91. The summed E-state index contributed by atoms with van der Waals surface area (Å²) in [6.07, 6.45) is 1.40. The highest BCUT2D eigenvalue weighted by atomic mass is 79.9. The van der Waals surface area contributed by atoms with Crippen LogP contribution in [0.4, 0.5) is 0 Å². The Morgan fingerprint density at radius 3 is 3.00 bits per heavy atom. The minimum atomic E-state index is 0.0172. The third-order valence-corrected chi connectivity index (χ3v) is 2.30. The summed E-state index contributed by atoms with van der Waals surface area (Å²) in [5.41, 5.74) is 8.11. The fourth-order valence-corrected chi connectivity index (χ4v) is 1.63. The molecule has 0 heterocycles. The highest BCUT2D eigenvalue weighted by Gasteiger charge is 2.08. The van der Waals surface area contributed by atoms with Crippen molar-refractivity contribution in [2.24, 2.45) is 10.8 Å². The smallest absolute Gasteiger partial charge is 0.184 e. The Kier molecular flexibility index (Phi) is 5.17. The number of phenolic OH excluding ortho intramolecular Hbond substituents is 1. The molecule has 0 aromatic heterocycles. The molecule has 17 heavy (non-hydrogen) atoms. The number of rotatable bonds is 4. The van der Waals surface area contributed by atoms with E-state index in [0.29, 0.717) is 17.9 Å². The van der Waals surface area contributed by atoms with E-state index < -0.39 is 0 Å². The average molecular weight is 318 g/mol. The maximum Gasteiger partial charge on any atom is 0.184 e. The van der Waals surface area contributed by atoms with E-state index in [4.69, 9.17) is 10.5 Å². The van der Waals surface area contributed by atoms with Crippen LogP contribution in [0.5, 0.6) is 11.5 Å². The van der Waals surface area contributed by atoms with Crippen molar-refractivity contribution >= 4 is 39.5 Å². The number of nitrogens with two attached hydrogens (primary N) is 1. The summed E-state index contributed by atoms with van der Waals surface area (Å²) in [6.45, 7) is 2.30. The average Bonchev–Trinajstić information content (AvgIpc) is 2.24. The molecule has 0 aliphatic rings. The van der Waals surface area contributed by atoms with Gasteiger partial charge in [0.1, 0.15) is 0 Å². The number of phenols is 1. The predicted molar refractivity (Wildman–Crippen MR) is 74.5 cm³/mol. The molecule has 0 aliphatic heterocycles. The van der Waals surface area contributed by atoms with Gasteiger partial charge in [-0.2, -0.15) is 5.10 Å². The number of halogens is 1. The standard InChI is InChI=1S/C10H12BrN3O2S/c1-2-16-8-4-7(11)3-6(9(8)15)5-13-14-10(12)17/h3-5,15H,2H2,1H3,(H3,12,14,17). The topological polar surface area (TPSA) is 79.9 Å². The Hall–Kier alpha value is -1.34. The molecule has 0 aliphatic carbocycles. The number of nitrogens with one attached hydrogen (secondary N) is 1. The maximum absolute atomic E-state index is 9.88. The molecule has 5 nitrogen and oxygen atoms in total. The second kappa shape index (κ2) is 6.41. The van der Waals surface area contributed by atoms with Crippen LogP contribution in [-0.4, -0.2) is 23.0 Å². The molecule has 0 unspecified atom stereocenters. The molecule has 0 saturated carbocycles. The quantitative estimate of drug-likeness (QED) is 0.447. The highest BCUT2D eigenvalue weighted by molar-refractivity contribution is 9.10. The number of hydrazone groups is 1. The Labute approximate surface area is 113 Å². The monoisotopic (exact) mass is 317 g/mol. The summed E-state index contributed by atoms with van der Waals surface area (Å²) in [4.78, 5) is 0. The van der Waals surface area contributed by atoms with E-state index >= 15 is 0 Å². The van der Waals surface area contributed by atoms with Gasteiger partial charge in [-0.1, -0.05) is 15.9 Å². The number of hydrogen-bond acceptors (Lipinski definition) is 4. The van der Waals surface area contributed by atoms with Crippen molar-refractivity contribution in [1.82, 2.24) is 5.43 Å². The van der Waals surface area contributed by atoms with Gasteiger partial charge in [0.25, 0.3) is 0 Å². The van der Waals surface area contributed by atoms with E-state index in [1.807, 2.05) is 6.92 Å². The maximum atomic E-state index is 9.88. The minimum Gasteiger partial charge on any atom is -0.504 e. The number of thiocarbonyl (C=S) groups is 1. The van der Waals surface area contributed by atoms with Gasteiger partial charge in [0, 0.05) is 10.0 Å². The van der Waals surface area contributed by atoms with Crippen molar-refractivity contribution in [3.63, 3.8) is 0 Å². The Balaban J connectivity index is 2.98. The lowest BCUT2D eigenvalue weighted by atomic mass is 10.2. The van der Waals surface area contributed by atoms with Crippen molar-refractivity contribution in [2.45, 2.75) is 6.92 Å². The fourth-order valence-electron chi connectivity index (χ4n) is 1.12. The summed E-state index contributed by atoms with van der Waals surface area (Å²) in [7, 11) is 0. The van der Waals surface area contributed by atoms with Crippen LogP contribution < -0.4 is 15.9 Å². The second-order valence-corrected chi connectivity index (χ2v) is 4.36. The first-order chi connectivity index (χ1) is 8.04. The van der Waals surface area contributed by atoms with Gasteiger partial charge >= 0.3 is 0 Å². The summed E-state index contributed by atoms with van der Waals surface area (Å²) in [5.74, 6) is 0.405. The molecule has 0 fully saturated rings. The Morgan fingerprint density at radius 1 is 1.71 bits per heavy atom. The molecule has 92 valence electrons. The lowest BCUT2D eigenvalue weighted by molar-refractivity contribution is 0.317. The Bertz CT molecular complexity index is 451.